The Balaban J connectivity index is 1.86. The Morgan fingerprint density at radius 3 is 2.96 bits per heavy atom. The number of allylic oxidation sites excluding steroid dienone is 3. The summed E-state index contributed by atoms with van der Waals surface area (Å²) < 4.78 is 0. The SMILES string of the molecule is C=CC(/C=C/c1n[nH]c2cc(C)c(NCc3ccccn3)cc12)=N/C=C\C. The van der Waals surface area contributed by atoms with Gasteiger partial charge in [0.2, 0.25) is 0 Å². The van der Waals surface area contributed by atoms with Crippen LogP contribution in [-0.2, 0) is 6.54 Å². The van der Waals surface area contributed by atoms with Crippen LogP contribution in [0.2, 0.25) is 0 Å². The molecule has 0 atom stereocenters. The van der Waals surface area contributed by atoms with Crippen molar-refractivity contribution in [1.29, 1.82) is 0 Å². The number of hydrogen-bond donors (Lipinski definition) is 2. The molecule has 0 aliphatic rings. The van der Waals surface area contributed by atoms with Crippen LogP contribution >= 0.6 is 0 Å². The third-order valence-corrected chi connectivity index (χ3v) is 4.12. The van der Waals surface area contributed by atoms with Crippen LogP contribution < -0.4 is 5.32 Å². The first-order valence-electron chi connectivity index (χ1n) is 8.83. The summed E-state index contributed by atoms with van der Waals surface area (Å²) >= 11 is 0. The maximum Gasteiger partial charge on any atom is 0.0928 e. The number of aromatic amines is 1. The number of rotatable bonds is 7. The molecule has 0 saturated carbocycles. The van der Waals surface area contributed by atoms with Crippen LogP contribution in [0.5, 0.6) is 0 Å². The van der Waals surface area contributed by atoms with Gasteiger partial charge in [0, 0.05) is 23.5 Å². The molecule has 0 spiro atoms. The van der Waals surface area contributed by atoms with Gasteiger partial charge in [-0.15, -0.1) is 0 Å². The highest BCUT2D eigenvalue weighted by molar-refractivity contribution is 6.07. The normalized spacial score (nSPS) is 12.3. The fourth-order valence-electron chi connectivity index (χ4n) is 2.69. The number of aromatic nitrogens is 3. The summed E-state index contributed by atoms with van der Waals surface area (Å²) in [6.07, 6.45) is 11.0. The van der Waals surface area contributed by atoms with Crippen LogP contribution in [0.1, 0.15) is 23.9 Å². The molecule has 5 heteroatoms. The highest BCUT2D eigenvalue weighted by atomic mass is 15.1. The molecule has 2 heterocycles. The molecule has 0 bridgehead atoms. The third-order valence-electron chi connectivity index (χ3n) is 4.12. The van der Waals surface area contributed by atoms with E-state index < -0.39 is 0 Å². The van der Waals surface area contributed by atoms with E-state index in [2.05, 4.69) is 51.1 Å². The van der Waals surface area contributed by atoms with Crippen LogP contribution in [0.4, 0.5) is 5.69 Å². The summed E-state index contributed by atoms with van der Waals surface area (Å²) in [7, 11) is 0. The van der Waals surface area contributed by atoms with E-state index in [1.165, 1.54) is 0 Å². The van der Waals surface area contributed by atoms with Gasteiger partial charge < -0.3 is 5.32 Å². The number of anilines is 1. The first kappa shape index (κ1) is 18.3. The van der Waals surface area contributed by atoms with E-state index in [0.717, 1.165) is 39.3 Å². The number of fused-ring (bicyclic) bond motifs is 1. The molecule has 5 nitrogen and oxygen atoms in total. The third kappa shape index (κ3) is 4.58. The second-order valence-corrected chi connectivity index (χ2v) is 6.07. The number of pyridine rings is 1. The van der Waals surface area contributed by atoms with Crippen molar-refractivity contribution < 1.29 is 0 Å². The van der Waals surface area contributed by atoms with Crippen molar-refractivity contribution in [2.45, 2.75) is 20.4 Å². The number of benzene rings is 1. The number of nitrogens with zero attached hydrogens (tertiary/aromatic N) is 3. The molecule has 0 aliphatic heterocycles. The first-order valence-corrected chi connectivity index (χ1v) is 8.83. The summed E-state index contributed by atoms with van der Waals surface area (Å²) in [5.74, 6) is 0. The van der Waals surface area contributed by atoms with Crippen LogP contribution in [0.3, 0.4) is 0 Å². The summed E-state index contributed by atoms with van der Waals surface area (Å²) in [5.41, 5.74) is 5.86. The molecule has 0 fully saturated rings. The summed E-state index contributed by atoms with van der Waals surface area (Å²) in [6.45, 7) is 8.48. The molecule has 0 unspecified atom stereocenters. The second kappa shape index (κ2) is 8.76. The van der Waals surface area contributed by atoms with Gasteiger partial charge in [-0.3, -0.25) is 15.1 Å². The van der Waals surface area contributed by atoms with Crippen LogP contribution in [-0.4, -0.2) is 20.9 Å². The molecular formula is C22H23N5. The highest BCUT2D eigenvalue weighted by Crippen LogP contribution is 2.25. The average Bonchev–Trinajstić information content (AvgIpc) is 3.08. The highest BCUT2D eigenvalue weighted by Gasteiger charge is 2.07. The topological polar surface area (TPSA) is 66.0 Å². The van der Waals surface area contributed by atoms with Crippen molar-refractivity contribution in [2.24, 2.45) is 4.99 Å². The maximum atomic E-state index is 4.42. The lowest BCUT2D eigenvalue weighted by molar-refractivity contribution is 1.04. The molecule has 136 valence electrons. The number of nitrogens with one attached hydrogen (secondary N) is 2. The number of H-pyrrole nitrogens is 1. The molecule has 3 aromatic rings. The average molecular weight is 357 g/mol. The minimum atomic E-state index is 0.673. The van der Waals surface area contributed by atoms with Gasteiger partial charge in [0.1, 0.15) is 0 Å². The van der Waals surface area contributed by atoms with Crippen molar-refractivity contribution in [2.75, 3.05) is 5.32 Å². The van der Waals surface area contributed by atoms with Gasteiger partial charge in [0.05, 0.1) is 29.2 Å². The predicted molar refractivity (Wildman–Crippen MR) is 114 cm³/mol. The molecule has 27 heavy (non-hydrogen) atoms. The van der Waals surface area contributed by atoms with E-state index in [4.69, 9.17) is 0 Å². The zero-order valence-corrected chi connectivity index (χ0v) is 15.6. The first-order chi connectivity index (χ1) is 13.2. The number of hydrogen-bond acceptors (Lipinski definition) is 4. The molecule has 2 N–H and O–H groups in total. The Bertz CT molecular complexity index is 1010. The van der Waals surface area contributed by atoms with Crippen molar-refractivity contribution >= 4 is 28.4 Å². The molecule has 0 radical (unpaired) electrons. The fraction of sp³-hybridized carbons (Fsp3) is 0.136. The van der Waals surface area contributed by atoms with Crippen molar-refractivity contribution in [1.82, 2.24) is 15.2 Å². The Morgan fingerprint density at radius 1 is 1.33 bits per heavy atom. The van der Waals surface area contributed by atoms with E-state index in [9.17, 15) is 0 Å². The van der Waals surface area contributed by atoms with E-state index >= 15 is 0 Å². The smallest absolute Gasteiger partial charge is 0.0928 e. The Morgan fingerprint density at radius 2 is 2.22 bits per heavy atom. The maximum absolute atomic E-state index is 4.42. The van der Waals surface area contributed by atoms with E-state index in [0.29, 0.717) is 6.54 Å². The zero-order valence-electron chi connectivity index (χ0n) is 15.6. The van der Waals surface area contributed by atoms with Gasteiger partial charge in [0.25, 0.3) is 0 Å². The fourth-order valence-corrected chi connectivity index (χ4v) is 2.69. The molecule has 3 rings (SSSR count). The van der Waals surface area contributed by atoms with Gasteiger partial charge >= 0.3 is 0 Å². The Labute approximate surface area is 159 Å². The van der Waals surface area contributed by atoms with Gasteiger partial charge in [0.15, 0.2) is 0 Å². The summed E-state index contributed by atoms with van der Waals surface area (Å²) in [4.78, 5) is 8.66. The molecule has 0 aliphatic carbocycles. The zero-order chi connectivity index (χ0) is 19.1. The largest absolute Gasteiger partial charge is 0.379 e. The van der Waals surface area contributed by atoms with E-state index in [-0.39, 0.29) is 0 Å². The van der Waals surface area contributed by atoms with Gasteiger partial charge in [-0.2, -0.15) is 5.10 Å². The van der Waals surface area contributed by atoms with Gasteiger partial charge in [-0.25, -0.2) is 0 Å². The van der Waals surface area contributed by atoms with Crippen molar-refractivity contribution in [3.8, 4) is 0 Å². The molecular weight excluding hydrogens is 334 g/mol. The summed E-state index contributed by atoms with van der Waals surface area (Å²) in [6, 6.07) is 10.1. The Hall–Kier alpha value is -3.47. The molecule has 1 aromatic carbocycles. The second-order valence-electron chi connectivity index (χ2n) is 6.07. The van der Waals surface area contributed by atoms with Gasteiger partial charge in [-0.1, -0.05) is 18.7 Å². The minimum absolute atomic E-state index is 0.673. The lowest BCUT2D eigenvalue weighted by Gasteiger charge is -2.09. The van der Waals surface area contributed by atoms with Crippen LogP contribution in [0.15, 0.2) is 72.5 Å². The lowest BCUT2D eigenvalue weighted by atomic mass is 10.1. The minimum Gasteiger partial charge on any atom is -0.379 e. The van der Waals surface area contributed by atoms with E-state index in [1.54, 1.807) is 18.5 Å². The molecule has 0 saturated heterocycles. The predicted octanol–water partition coefficient (Wildman–Crippen LogP) is 5.05. The van der Waals surface area contributed by atoms with E-state index in [1.807, 2.05) is 43.4 Å². The molecule has 0 amide bonds. The van der Waals surface area contributed by atoms with Gasteiger partial charge in [-0.05, 0) is 61.9 Å². The Kier molecular flexibility index (Phi) is 5.94. The molecule has 2 aromatic heterocycles. The quantitative estimate of drug-likeness (QED) is 0.581. The number of aliphatic imine (C=N–C) groups is 1. The number of aryl methyl sites for hydroxylation is 1. The van der Waals surface area contributed by atoms with Crippen molar-refractivity contribution in [3.05, 3.63) is 84.5 Å². The van der Waals surface area contributed by atoms with Crippen LogP contribution in [0.25, 0.3) is 17.0 Å². The standard InChI is InChI=1S/C22H23N5/c1-4-11-23-17(5-2)9-10-20-19-14-21(16(3)13-22(19)27-26-20)25-15-18-8-6-7-12-24-18/h4-14,25H,2,15H2,1,3H3,(H,26,27)/b10-9+,11-4-,23-17-. The van der Waals surface area contributed by atoms with Crippen molar-refractivity contribution in [3.63, 3.8) is 0 Å². The summed E-state index contributed by atoms with van der Waals surface area (Å²) in [5, 5.41) is 12.0. The lowest BCUT2D eigenvalue weighted by Crippen LogP contribution is -2.02. The monoisotopic (exact) mass is 357 g/mol. The van der Waals surface area contributed by atoms with Crippen LogP contribution in [0, 0.1) is 6.92 Å².